The predicted molar refractivity (Wildman–Crippen MR) is 75.0 cm³/mol. The molecule has 2 N–H and O–H groups in total. The first-order valence-electron chi connectivity index (χ1n) is 7.36. The Kier molecular flexibility index (Phi) is 9.48. The number of rotatable bonds is 11. The fraction of sp³-hybridized carbons (Fsp3) is 1.00. The summed E-state index contributed by atoms with van der Waals surface area (Å²) in [4.78, 5) is 0. The highest BCUT2D eigenvalue weighted by Gasteiger charge is 2.16. The molecule has 0 spiro atoms. The van der Waals surface area contributed by atoms with Crippen molar-refractivity contribution in [1.29, 1.82) is 0 Å². The van der Waals surface area contributed by atoms with Gasteiger partial charge in [-0.25, -0.2) is 0 Å². The molecule has 4 nitrogen and oxygen atoms in total. The minimum Gasteiger partial charge on any atom is -0.382 e. The molecule has 1 saturated heterocycles. The maximum absolute atomic E-state index is 5.43. The summed E-state index contributed by atoms with van der Waals surface area (Å²) >= 11 is 0. The van der Waals surface area contributed by atoms with Gasteiger partial charge in [0.15, 0.2) is 0 Å². The van der Waals surface area contributed by atoms with Gasteiger partial charge in [-0.15, -0.1) is 0 Å². The molecule has 0 aromatic rings. The molecule has 1 aliphatic rings. The summed E-state index contributed by atoms with van der Waals surface area (Å²) in [6.45, 7) is 6.85. The Morgan fingerprint density at radius 1 is 1.28 bits per heavy atom. The van der Waals surface area contributed by atoms with E-state index in [2.05, 4.69) is 17.6 Å². The van der Waals surface area contributed by atoms with Gasteiger partial charge in [-0.05, 0) is 52.1 Å². The number of nitrogens with one attached hydrogen (secondary N) is 2. The Bertz CT molecular complexity index is 185. The summed E-state index contributed by atoms with van der Waals surface area (Å²) in [5.74, 6) is 0. The zero-order valence-corrected chi connectivity index (χ0v) is 12.0. The van der Waals surface area contributed by atoms with Crippen molar-refractivity contribution in [3.05, 3.63) is 0 Å². The van der Waals surface area contributed by atoms with Gasteiger partial charge in [0.1, 0.15) is 0 Å². The van der Waals surface area contributed by atoms with E-state index in [0.717, 1.165) is 25.6 Å². The maximum atomic E-state index is 5.43. The van der Waals surface area contributed by atoms with Crippen molar-refractivity contribution in [3.8, 4) is 0 Å². The molecule has 108 valence electrons. The number of methoxy groups -OCH3 is 1. The Morgan fingerprint density at radius 2 is 2.17 bits per heavy atom. The van der Waals surface area contributed by atoms with Crippen molar-refractivity contribution in [1.82, 2.24) is 10.6 Å². The number of unbranched alkanes of at least 4 members (excludes halogenated alkanes) is 1. The summed E-state index contributed by atoms with van der Waals surface area (Å²) in [5, 5.41) is 7.14. The monoisotopic (exact) mass is 258 g/mol. The van der Waals surface area contributed by atoms with E-state index in [1.807, 2.05) is 0 Å². The molecule has 0 aromatic carbocycles. The van der Waals surface area contributed by atoms with Crippen LogP contribution in [0.4, 0.5) is 0 Å². The van der Waals surface area contributed by atoms with Gasteiger partial charge < -0.3 is 20.1 Å². The highest BCUT2D eigenvalue weighted by atomic mass is 16.5. The summed E-state index contributed by atoms with van der Waals surface area (Å²) < 4.78 is 10.3. The highest BCUT2D eigenvalue weighted by Crippen LogP contribution is 2.10. The first kappa shape index (κ1) is 15.9. The first-order chi connectivity index (χ1) is 8.83. The third kappa shape index (κ3) is 8.03. The van der Waals surface area contributed by atoms with Gasteiger partial charge in [0.05, 0.1) is 13.2 Å². The van der Waals surface area contributed by atoms with Gasteiger partial charge in [0.2, 0.25) is 0 Å². The van der Waals surface area contributed by atoms with E-state index in [9.17, 15) is 0 Å². The van der Waals surface area contributed by atoms with Crippen LogP contribution in [-0.2, 0) is 9.47 Å². The van der Waals surface area contributed by atoms with Crippen LogP contribution in [-0.4, -0.2) is 52.1 Å². The lowest BCUT2D eigenvalue weighted by molar-refractivity contribution is 0.0687. The molecule has 2 unspecified atom stereocenters. The molecule has 0 aromatic heterocycles. The molecular formula is C14H30N2O2. The van der Waals surface area contributed by atoms with Gasteiger partial charge in [-0.3, -0.25) is 0 Å². The SMILES string of the molecule is COCCOCCCCNC(C)CC1CCCN1. The minimum absolute atomic E-state index is 0.620. The summed E-state index contributed by atoms with van der Waals surface area (Å²) in [7, 11) is 1.70. The van der Waals surface area contributed by atoms with Gasteiger partial charge in [0.25, 0.3) is 0 Å². The van der Waals surface area contributed by atoms with Gasteiger partial charge in [0, 0.05) is 25.8 Å². The van der Waals surface area contributed by atoms with Crippen molar-refractivity contribution in [2.45, 2.75) is 51.1 Å². The smallest absolute Gasteiger partial charge is 0.0700 e. The lowest BCUT2D eigenvalue weighted by atomic mass is 10.1. The number of ether oxygens (including phenoxy) is 2. The van der Waals surface area contributed by atoms with E-state index >= 15 is 0 Å². The molecule has 0 saturated carbocycles. The quantitative estimate of drug-likeness (QED) is 0.552. The molecule has 1 rings (SSSR count). The van der Waals surface area contributed by atoms with Crippen LogP contribution in [0.3, 0.4) is 0 Å². The van der Waals surface area contributed by atoms with E-state index in [4.69, 9.17) is 9.47 Å². The van der Waals surface area contributed by atoms with E-state index in [-0.39, 0.29) is 0 Å². The van der Waals surface area contributed by atoms with Crippen LogP contribution in [0.15, 0.2) is 0 Å². The van der Waals surface area contributed by atoms with Gasteiger partial charge in [-0.1, -0.05) is 0 Å². The highest BCUT2D eigenvalue weighted by molar-refractivity contribution is 4.78. The summed E-state index contributed by atoms with van der Waals surface area (Å²) in [6.07, 6.45) is 6.26. The Labute approximate surface area is 112 Å². The van der Waals surface area contributed by atoms with Crippen molar-refractivity contribution in [2.75, 3.05) is 40.0 Å². The van der Waals surface area contributed by atoms with Crippen LogP contribution in [0.5, 0.6) is 0 Å². The molecule has 0 aliphatic carbocycles. The zero-order chi connectivity index (χ0) is 13.1. The second kappa shape index (κ2) is 10.7. The van der Waals surface area contributed by atoms with E-state index < -0.39 is 0 Å². The maximum Gasteiger partial charge on any atom is 0.0700 e. The fourth-order valence-corrected chi connectivity index (χ4v) is 2.39. The molecule has 0 radical (unpaired) electrons. The van der Waals surface area contributed by atoms with Crippen molar-refractivity contribution >= 4 is 0 Å². The van der Waals surface area contributed by atoms with E-state index in [0.29, 0.717) is 19.3 Å². The lowest BCUT2D eigenvalue weighted by Gasteiger charge is -2.18. The predicted octanol–water partition coefficient (Wildman–Crippen LogP) is 1.55. The third-order valence-electron chi connectivity index (χ3n) is 3.44. The van der Waals surface area contributed by atoms with Crippen LogP contribution < -0.4 is 10.6 Å². The topological polar surface area (TPSA) is 42.5 Å². The fourth-order valence-electron chi connectivity index (χ4n) is 2.39. The minimum atomic E-state index is 0.620. The summed E-state index contributed by atoms with van der Waals surface area (Å²) in [6, 6.07) is 1.36. The van der Waals surface area contributed by atoms with Crippen molar-refractivity contribution in [2.24, 2.45) is 0 Å². The second-order valence-corrected chi connectivity index (χ2v) is 5.20. The Balaban J connectivity index is 1.81. The second-order valence-electron chi connectivity index (χ2n) is 5.20. The average molecular weight is 258 g/mol. The molecule has 0 amide bonds. The Morgan fingerprint density at radius 3 is 2.89 bits per heavy atom. The van der Waals surface area contributed by atoms with Crippen molar-refractivity contribution in [3.63, 3.8) is 0 Å². The molecular weight excluding hydrogens is 228 g/mol. The molecule has 0 bridgehead atoms. The molecule has 4 heteroatoms. The zero-order valence-electron chi connectivity index (χ0n) is 12.0. The van der Waals surface area contributed by atoms with Crippen molar-refractivity contribution < 1.29 is 9.47 Å². The average Bonchev–Trinajstić information content (AvgIpc) is 2.85. The summed E-state index contributed by atoms with van der Waals surface area (Å²) in [5.41, 5.74) is 0. The number of hydrogen-bond donors (Lipinski definition) is 2. The van der Waals surface area contributed by atoms with Gasteiger partial charge >= 0.3 is 0 Å². The molecule has 1 heterocycles. The Hall–Kier alpha value is -0.160. The van der Waals surface area contributed by atoms with E-state index in [1.54, 1.807) is 7.11 Å². The number of hydrogen-bond acceptors (Lipinski definition) is 4. The normalized spacial score (nSPS) is 21.3. The van der Waals surface area contributed by atoms with Gasteiger partial charge in [-0.2, -0.15) is 0 Å². The molecule has 1 fully saturated rings. The largest absolute Gasteiger partial charge is 0.382 e. The standard InChI is InChI=1S/C14H30N2O2/c1-13(12-14-6-5-8-16-14)15-7-3-4-9-18-11-10-17-2/h13-16H,3-12H2,1-2H3. The molecule has 1 aliphatic heterocycles. The molecule has 2 atom stereocenters. The van der Waals surface area contributed by atoms with Crippen LogP contribution in [0.1, 0.15) is 39.0 Å². The van der Waals surface area contributed by atoms with E-state index in [1.165, 1.54) is 32.2 Å². The van der Waals surface area contributed by atoms with Crippen LogP contribution in [0.25, 0.3) is 0 Å². The van der Waals surface area contributed by atoms with Crippen LogP contribution in [0.2, 0.25) is 0 Å². The van der Waals surface area contributed by atoms with Crippen LogP contribution >= 0.6 is 0 Å². The third-order valence-corrected chi connectivity index (χ3v) is 3.44. The lowest BCUT2D eigenvalue weighted by Crippen LogP contribution is -2.34. The molecule has 18 heavy (non-hydrogen) atoms. The first-order valence-corrected chi connectivity index (χ1v) is 7.36. The van der Waals surface area contributed by atoms with Crippen LogP contribution in [0, 0.1) is 0 Å².